The first-order valence-electron chi connectivity index (χ1n) is 6.51. The Hall–Kier alpha value is -1.42. The molecule has 1 aliphatic rings. The Morgan fingerprint density at radius 2 is 1.89 bits per heavy atom. The molecule has 0 saturated heterocycles. The third-order valence-electron chi connectivity index (χ3n) is 3.67. The van der Waals surface area contributed by atoms with E-state index in [2.05, 4.69) is 0 Å². The molecule has 4 nitrogen and oxygen atoms in total. The third kappa shape index (κ3) is 3.32. The van der Waals surface area contributed by atoms with Gasteiger partial charge in [0.2, 0.25) is 6.04 Å². The molecule has 1 saturated carbocycles. The van der Waals surface area contributed by atoms with E-state index in [-0.39, 0.29) is 10.7 Å². The molecule has 0 bridgehead atoms. The zero-order valence-electron chi connectivity index (χ0n) is 10.5. The second kappa shape index (κ2) is 6.15. The Labute approximate surface area is 116 Å². The molecule has 5 heteroatoms. The Balaban J connectivity index is 2.31. The van der Waals surface area contributed by atoms with Crippen molar-refractivity contribution in [3.05, 3.63) is 45.0 Å². The second-order valence-corrected chi connectivity index (χ2v) is 5.39. The fourth-order valence-corrected chi connectivity index (χ4v) is 2.81. The highest BCUT2D eigenvalue weighted by atomic mass is 35.5. The molecule has 1 aliphatic carbocycles. The molecule has 2 rings (SSSR count). The lowest BCUT2D eigenvalue weighted by molar-refractivity contribution is -0.536. The zero-order chi connectivity index (χ0) is 13.8. The number of Topliss-reactive ketones (excluding diaryl/α,β-unsaturated/α-hetero) is 1. The van der Waals surface area contributed by atoms with Gasteiger partial charge < -0.3 is 0 Å². The van der Waals surface area contributed by atoms with Gasteiger partial charge >= 0.3 is 0 Å². The minimum atomic E-state index is -0.942. The van der Waals surface area contributed by atoms with Crippen LogP contribution in [0.25, 0.3) is 0 Å². The molecule has 0 N–H and O–H groups in total. The lowest BCUT2D eigenvalue weighted by Gasteiger charge is -2.18. The van der Waals surface area contributed by atoms with Crippen LogP contribution in [0.4, 0.5) is 0 Å². The summed E-state index contributed by atoms with van der Waals surface area (Å²) in [6, 6.07) is 5.62. The number of halogens is 1. The van der Waals surface area contributed by atoms with Gasteiger partial charge in [-0.05, 0) is 25.0 Å². The maximum atomic E-state index is 12.1. The first-order valence-corrected chi connectivity index (χ1v) is 6.89. The topological polar surface area (TPSA) is 60.2 Å². The molecule has 0 spiro atoms. The predicted molar refractivity (Wildman–Crippen MR) is 72.8 cm³/mol. The van der Waals surface area contributed by atoms with Crippen LogP contribution < -0.4 is 0 Å². The van der Waals surface area contributed by atoms with Crippen molar-refractivity contribution in [3.63, 3.8) is 0 Å². The Kier molecular flexibility index (Phi) is 4.53. The van der Waals surface area contributed by atoms with Gasteiger partial charge in [-0.15, -0.1) is 0 Å². The molecule has 0 radical (unpaired) electrons. The molecule has 0 aromatic heterocycles. The number of ketones is 1. The molecule has 1 aromatic rings. The van der Waals surface area contributed by atoms with Crippen molar-refractivity contribution in [2.75, 3.05) is 0 Å². The number of nitro groups is 1. The van der Waals surface area contributed by atoms with Crippen LogP contribution in [0.1, 0.15) is 43.7 Å². The molecule has 1 aromatic carbocycles. The van der Waals surface area contributed by atoms with E-state index >= 15 is 0 Å². The maximum absolute atomic E-state index is 12.1. The van der Waals surface area contributed by atoms with Crippen LogP contribution in [0.5, 0.6) is 0 Å². The smallest absolute Gasteiger partial charge is 0.247 e. The fraction of sp³-hybridized carbons (Fsp3) is 0.500. The quantitative estimate of drug-likeness (QED) is 0.481. The molecule has 1 fully saturated rings. The van der Waals surface area contributed by atoms with Crippen molar-refractivity contribution in [1.29, 1.82) is 0 Å². The van der Waals surface area contributed by atoms with Crippen molar-refractivity contribution < 1.29 is 9.72 Å². The zero-order valence-corrected chi connectivity index (χ0v) is 11.3. The van der Waals surface area contributed by atoms with Crippen molar-refractivity contribution in [1.82, 2.24) is 0 Å². The van der Waals surface area contributed by atoms with E-state index in [0.717, 1.165) is 19.3 Å². The van der Waals surface area contributed by atoms with E-state index in [9.17, 15) is 14.9 Å². The molecule has 2 atom stereocenters. The third-order valence-corrected chi connectivity index (χ3v) is 3.92. The van der Waals surface area contributed by atoms with E-state index in [1.165, 1.54) is 0 Å². The van der Waals surface area contributed by atoms with Gasteiger partial charge in [0.1, 0.15) is 5.78 Å². The monoisotopic (exact) mass is 281 g/mol. The molecule has 0 aliphatic heterocycles. The van der Waals surface area contributed by atoms with Gasteiger partial charge in [-0.25, -0.2) is 0 Å². The number of carbonyl (C=O) groups excluding carboxylic acids is 1. The largest absolute Gasteiger partial charge is 0.299 e. The molecular formula is C14H16ClNO3. The predicted octanol–water partition coefficient (Wildman–Crippen LogP) is 3.81. The number of rotatable bonds is 3. The first-order chi connectivity index (χ1) is 9.09. The number of hydrogen-bond donors (Lipinski definition) is 0. The van der Waals surface area contributed by atoms with E-state index in [0.29, 0.717) is 23.4 Å². The van der Waals surface area contributed by atoms with Crippen LogP contribution in [0.15, 0.2) is 24.3 Å². The first kappa shape index (κ1) is 14.0. The van der Waals surface area contributed by atoms with Crippen molar-refractivity contribution in [2.45, 2.75) is 38.1 Å². The van der Waals surface area contributed by atoms with Crippen molar-refractivity contribution in [2.24, 2.45) is 5.92 Å². The van der Waals surface area contributed by atoms with Crippen LogP contribution in [0.2, 0.25) is 5.02 Å². The second-order valence-electron chi connectivity index (χ2n) is 4.95. The number of benzene rings is 1. The van der Waals surface area contributed by atoms with Crippen LogP contribution in [-0.4, -0.2) is 10.7 Å². The maximum Gasteiger partial charge on any atom is 0.247 e. The van der Waals surface area contributed by atoms with E-state index in [4.69, 9.17) is 11.6 Å². The number of hydrogen-bond acceptors (Lipinski definition) is 3. The van der Waals surface area contributed by atoms with Crippen LogP contribution in [0, 0.1) is 16.0 Å². The van der Waals surface area contributed by atoms with Crippen LogP contribution >= 0.6 is 11.6 Å². The molecule has 0 amide bonds. The number of nitrogens with zero attached hydrogens (tertiary/aromatic N) is 1. The van der Waals surface area contributed by atoms with Gasteiger partial charge in [0.15, 0.2) is 0 Å². The van der Waals surface area contributed by atoms with Gasteiger partial charge in [-0.3, -0.25) is 14.9 Å². The van der Waals surface area contributed by atoms with Crippen molar-refractivity contribution in [3.8, 4) is 0 Å². The highest BCUT2D eigenvalue weighted by Crippen LogP contribution is 2.34. The van der Waals surface area contributed by atoms with Gasteiger partial charge in [0, 0.05) is 21.9 Å². The number of carbonyl (C=O) groups is 1. The van der Waals surface area contributed by atoms with Gasteiger partial charge in [0.05, 0.1) is 5.92 Å². The normalized spacial score (nSPS) is 21.7. The van der Waals surface area contributed by atoms with Gasteiger partial charge in [-0.1, -0.05) is 36.6 Å². The summed E-state index contributed by atoms with van der Waals surface area (Å²) in [5, 5.41) is 11.9. The molecule has 2 unspecified atom stereocenters. The van der Waals surface area contributed by atoms with Crippen LogP contribution in [0.3, 0.4) is 0 Å². The highest BCUT2D eigenvalue weighted by Gasteiger charge is 2.38. The summed E-state index contributed by atoms with van der Waals surface area (Å²) < 4.78 is 0. The van der Waals surface area contributed by atoms with E-state index in [1.54, 1.807) is 24.3 Å². The van der Waals surface area contributed by atoms with E-state index in [1.807, 2.05) is 0 Å². The summed E-state index contributed by atoms with van der Waals surface area (Å²) in [5.74, 6) is -0.479. The Morgan fingerprint density at radius 1 is 1.21 bits per heavy atom. The fourth-order valence-electron chi connectivity index (χ4n) is 2.68. The summed E-state index contributed by atoms with van der Waals surface area (Å²) in [6.45, 7) is 0. The summed E-state index contributed by atoms with van der Waals surface area (Å²) in [6.07, 6.45) is 3.78. The van der Waals surface area contributed by atoms with Gasteiger partial charge in [-0.2, -0.15) is 0 Å². The average Bonchev–Trinajstić information content (AvgIpc) is 2.57. The minimum absolute atomic E-state index is 0.0224. The highest BCUT2D eigenvalue weighted by molar-refractivity contribution is 6.30. The molecular weight excluding hydrogens is 266 g/mol. The molecule has 19 heavy (non-hydrogen) atoms. The summed E-state index contributed by atoms with van der Waals surface area (Å²) >= 11 is 5.80. The lowest BCUT2D eigenvalue weighted by atomic mass is 9.87. The summed E-state index contributed by atoms with van der Waals surface area (Å²) in [4.78, 5) is 23.1. The minimum Gasteiger partial charge on any atom is -0.299 e. The summed E-state index contributed by atoms with van der Waals surface area (Å²) in [7, 11) is 0. The van der Waals surface area contributed by atoms with E-state index < -0.39 is 12.0 Å². The van der Waals surface area contributed by atoms with Crippen molar-refractivity contribution >= 4 is 17.4 Å². The molecule has 102 valence electrons. The lowest BCUT2D eigenvalue weighted by Crippen LogP contribution is -2.27. The average molecular weight is 282 g/mol. The Bertz CT molecular complexity index is 472. The summed E-state index contributed by atoms with van der Waals surface area (Å²) in [5.41, 5.74) is 0.564. The SMILES string of the molecule is O=C1CCCCCC1C(c1ccc(Cl)cc1)[N+](=O)[O-]. The molecule has 0 heterocycles. The van der Waals surface area contributed by atoms with Crippen LogP contribution in [-0.2, 0) is 4.79 Å². The van der Waals surface area contributed by atoms with Gasteiger partial charge in [0.25, 0.3) is 0 Å². The standard InChI is InChI=1S/C14H16ClNO3/c15-11-8-6-10(7-9-11)14(16(18)19)12-4-2-1-3-5-13(12)17/h6-9,12,14H,1-5H2. The Morgan fingerprint density at radius 3 is 2.53 bits per heavy atom.